The summed E-state index contributed by atoms with van der Waals surface area (Å²) in [5.41, 5.74) is 7.53. The van der Waals surface area contributed by atoms with Crippen molar-refractivity contribution in [1.29, 1.82) is 0 Å². The Labute approximate surface area is 106 Å². The van der Waals surface area contributed by atoms with Gasteiger partial charge in [-0.05, 0) is 37.6 Å². The smallest absolute Gasteiger partial charge is 0.233 e. The number of rotatable bonds is 5. The number of aryl methyl sites for hydroxylation is 1. The van der Waals surface area contributed by atoms with Crippen molar-refractivity contribution in [3.63, 3.8) is 0 Å². The van der Waals surface area contributed by atoms with Crippen LogP contribution in [0.2, 0.25) is 0 Å². The van der Waals surface area contributed by atoms with Crippen LogP contribution in [0.4, 0.5) is 5.69 Å². The first-order valence-corrected chi connectivity index (χ1v) is 6.34. The fraction of sp³-hybridized carbons (Fsp3) is 0.308. The van der Waals surface area contributed by atoms with Crippen LogP contribution in [0.25, 0.3) is 0 Å². The molecular weight excluding hydrogens is 232 g/mol. The van der Waals surface area contributed by atoms with E-state index in [-0.39, 0.29) is 11.2 Å². The molecule has 1 unspecified atom stereocenters. The van der Waals surface area contributed by atoms with E-state index in [9.17, 15) is 4.79 Å². The van der Waals surface area contributed by atoms with Crippen molar-refractivity contribution in [2.45, 2.75) is 24.0 Å². The van der Waals surface area contributed by atoms with Gasteiger partial charge in [0.1, 0.15) is 0 Å². The Hall–Kier alpha value is -1.42. The molecule has 4 heteroatoms. The lowest BCUT2D eigenvalue weighted by Gasteiger charge is -2.12. The highest BCUT2D eigenvalue weighted by molar-refractivity contribution is 8.00. The van der Waals surface area contributed by atoms with Crippen molar-refractivity contribution >= 4 is 23.4 Å². The van der Waals surface area contributed by atoms with Crippen LogP contribution in [-0.4, -0.2) is 17.7 Å². The average molecular weight is 250 g/mol. The number of carbonyl (C=O) groups is 1. The molecule has 1 amide bonds. The van der Waals surface area contributed by atoms with E-state index in [1.807, 2.05) is 32.0 Å². The number of hydrogen-bond acceptors (Lipinski definition) is 3. The summed E-state index contributed by atoms with van der Waals surface area (Å²) in [6.45, 7) is 7.95. The molecule has 0 saturated heterocycles. The molecule has 92 valence electrons. The highest BCUT2D eigenvalue weighted by Gasteiger charge is 2.14. The minimum absolute atomic E-state index is 0.0196. The van der Waals surface area contributed by atoms with Crippen LogP contribution in [0.1, 0.15) is 12.5 Å². The second-order valence-electron chi connectivity index (χ2n) is 3.82. The zero-order chi connectivity index (χ0) is 12.8. The Morgan fingerprint density at radius 2 is 2.35 bits per heavy atom. The molecule has 1 aromatic carbocycles. The van der Waals surface area contributed by atoms with E-state index >= 15 is 0 Å². The predicted molar refractivity (Wildman–Crippen MR) is 74.1 cm³/mol. The first-order valence-electron chi connectivity index (χ1n) is 5.46. The van der Waals surface area contributed by atoms with Crippen LogP contribution in [0.3, 0.4) is 0 Å². The topological polar surface area (TPSA) is 55.1 Å². The Morgan fingerprint density at radius 3 is 2.94 bits per heavy atom. The lowest BCUT2D eigenvalue weighted by atomic mass is 10.2. The lowest BCUT2D eigenvalue weighted by molar-refractivity contribution is -0.120. The van der Waals surface area contributed by atoms with Gasteiger partial charge in [0.05, 0.1) is 5.25 Å². The standard InChI is InChI=1S/C13H18N2OS/c1-4-7-15-13(16)10(3)17-12-6-5-11(14)8-9(12)2/h4-6,8,10H,1,7,14H2,2-3H3,(H,15,16). The van der Waals surface area contributed by atoms with Crippen LogP contribution in [0.5, 0.6) is 0 Å². The maximum absolute atomic E-state index is 11.7. The number of hydrogen-bond donors (Lipinski definition) is 2. The van der Waals surface area contributed by atoms with Gasteiger partial charge in [-0.15, -0.1) is 18.3 Å². The number of benzene rings is 1. The van der Waals surface area contributed by atoms with Gasteiger partial charge in [0.15, 0.2) is 0 Å². The summed E-state index contributed by atoms with van der Waals surface area (Å²) in [6.07, 6.45) is 1.67. The van der Waals surface area contributed by atoms with E-state index in [0.717, 1.165) is 16.1 Å². The van der Waals surface area contributed by atoms with Crippen molar-refractivity contribution in [2.75, 3.05) is 12.3 Å². The van der Waals surface area contributed by atoms with Gasteiger partial charge in [0.2, 0.25) is 5.91 Å². The van der Waals surface area contributed by atoms with Gasteiger partial charge in [0, 0.05) is 17.1 Å². The third kappa shape index (κ3) is 4.15. The van der Waals surface area contributed by atoms with Gasteiger partial charge >= 0.3 is 0 Å². The minimum atomic E-state index is -0.128. The predicted octanol–water partition coefficient (Wildman–Crippen LogP) is 2.36. The summed E-state index contributed by atoms with van der Waals surface area (Å²) in [5, 5.41) is 2.65. The molecule has 1 aromatic rings. The molecule has 17 heavy (non-hydrogen) atoms. The summed E-state index contributed by atoms with van der Waals surface area (Å²) in [7, 11) is 0. The average Bonchev–Trinajstić information content (AvgIpc) is 2.29. The maximum atomic E-state index is 11.7. The van der Waals surface area contributed by atoms with Crippen molar-refractivity contribution in [2.24, 2.45) is 0 Å². The fourth-order valence-electron chi connectivity index (χ4n) is 1.37. The zero-order valence-electron chi connectivity index (χ0n) is 10.2. The molecule has 0 bridgehead atoms. The normalized spacial score (nSPS) is 11.9. The molecule has 0 aliphatic carbocycles. The third-order valence-corrected chi connectivity index (χ3v) is 3.57. The van der Waals surface area contributed by atoms with Gasteiger partial charge in [-0.2, -0.15) is 0 Å². The summed E-state index contributed by atoms with van der Waals surface area (Å²) in [5.74, 6) is 0.0196. The second kappa shape index (κ2) is 6.35. The van der Waals surface area contributed by atoms with Crippen LogP contribution in [0, 0.1) is 6.92 Å². The largest absolute Gasteiger partial charge is 0.399 e. The van der Waals surface area contributed by atoms with Crippen molar-refractivity contribution in [3.05, 3.63) is 36.4 Å². The molecule has 0 aliphatic heterocycles. The lowest BCUT2D eigenvalue weighted by Crippen LogP contribution is -2.30. The van der Waals surface area contributed by atoms with E-state index in [4.69, 9.17) is 5.73 Å². The summed E-state index contributed by atoms with van der Waals surface area (Å²) >= 11 is 1.54. The fourth-order valence-corrected chi connectivity index (χ4v) is 2.33. The number of anilines is 1. The number of carbonyl (C=O) groups excluding carboxylic acids is 1. The Balaban J connectivity index is 2.64. The quantitative estimate of drug-likeness (QED) is 0.479. The Bertz CT molecular complexity index is 418. The van der Waals surface area contributed by atoms with Gasteiger partial charge < -0.3 is 11.1 Å². The van der Waals surface area contributed by atoms with Gasteiger partial charge in [-0.1, -0.05) is 6.08 Å². The highest BCUT2D eigenvalue weighted by atomic mass is 32.2. The molecule has 0 radical (unpaired) electrons. The van der Waals surface area contributed by atoms with Gasteiger partial charge in [0.25, 0.3) is 0 Å². The molecule has 0 spiro atoms. The molecular formula is C13H18N2OS. The summed E-state index contributed by atoms with van der Waals surface area (Å²) < 4.78 is 0. The molecule has 3 nitrogen and oxygen atoms in total. The number of amides is 1. The molecule has 1 atom stereocenters. The van der Waals surface area contributed by atoms with Crippen LogP contribution in [-0.2, 0) is 4.79 Å². The van der Waals surface area contributed by atoms with Crippen molar-refractivity contribution in [1.82, 2.24) is 5.32 Å². The molecule has 0 fully saturated rings. The number of thioether (sulfide) groups is 1. The van der Waals surface area contributed by atoms with E-state index in [1.165, 1.54) is 11.8 Å². The SMILES string of the molecule is C=CCNC(=O)C(C)Sc1ccc(N)cc1C. The molecule has 0 heterocycles. The van der Waals surface area contributed by atoms with E-state index in [2.05, 4.69) is 11.9 Å². The Kier molecular flexibility index (Phi) is 5.10. The first kappa shape index (κ1) is 13.6. The van der Waals surface area contributed by atoms with Crippen LogP contribution in [0.15, 0.2) is 35.7 Å². The molecule has 3 N–H and O–H groups in total. The maximum Gasteiger partial charge on any atom is 0.233 e. The number of nitrogens with one attached hydrogen (secondary N) is 1. The van der Waals surface area contributed by atoms with Crippen molar-refractivity contribution < 1.29 is 4.79 Å². The second-order valence-corrected chi connectivity index (χ2v) is 5.20. The Morgan fingerprint density at radius 1 is 1.65 bits per heavy atom. The molecule has 1 rings (SSSR count). The molecule has 0 saturated carbocycles. The monoisotopic (exact) mass is 250 g/mol. The van der Waals surface area contributed by atoms with Crippen LogP contribution >= 0.6 is 11.8 Å². The zero-order valence-corrected chi connectivity index (χ0v) is 11.0. The molecule has 0 aromatic heterocycles. The van der Waals surface area contributed by atoms with Crippen molar-refractivity contribution in [3.8, 4) is 0 Å². The number of nitrogens with two attached hydrogens (primary N) is 1. The summed E-state index contributed by atoms with van der Waals surface area (Å²) in [6, 6.07) is 5.72. The summed E-state index contributed by atoms with van der Waals surface area (Å²) in [4.78, 5) is 12.8. The highest BCUT2D eigenvalue weighted by Crippen LogP contribution is 2.27. The third-order valence-electron chi connectivity index (χ3n) is 2.29. The molecule has 0 aliphatic rings. The van der Waals surface area contributed by atoms with Gasteiger partial charge in [-0.25, -0.2) is 0 Å². The minimum Gasteiger partial charge on any atom is -0.399 e. The van der Waals surface area contributed by atoms with Crippen LogP contribution < -0.4 is 11.1 Å². The van der Waals surface area contributed by atoms with E-state index in [0.29, 0.717) is 6.54 Å². The van der Waals surface area contributed by atoms with E-state index < -0.39 is 0 Å². The first-order chi connectivity index (χ1) is 8.04. The van der Waals surface area contributed by atoms with E-state index in [1.54, 1.807) is 6.08 Å². The van der Waals surface area contributed by atoms with Gasteiger partial charge in [-0.3, -0.25) is 4.79 Å². The number of nitrogen functional groups attached to an aromatic ring is 1.